The van der Waals surface area contributed by atoms with Crippen LogP contribution >= 0.6 is 0 Å². The molecule has 1 rings (SSSR count). The largest absolute Gasteiger partial charge is 0.496 e. The van der Waals surface area contributed by atoms with Gasteiger partial charge in [-0.1, -0.05) is 23.4 Å². The molecule has 0 heterocycles. The normalized spacial score (nSPS) is 11.1. The molecule has 0 N–H and O–H groups in total. The second-order valence-electron chi connectivity index (χ2n) is 3.40. The number of nitrogens with zero attached hydrogens (tertiary/aromatic N) is 1. The topological polar surface area (TPSA) is 47.9 Å². The first-order valence-electron chi connectivity index (χ1n) is 4.96. The molecular weight excluding hydrogens is 206 g/mol. The molecular formula is C12H15NO3. The van der Waals surface area contributed by atoms with E-state index in [-0.39, 0.29) is 0 Å². The van der Waals surface area contributed by atoms with Crippen LogP contribution < -0.4 is 4.74 Å². The summed E-state index contributed by atoms with van der Waals surface area (Å²) in [5, 5.41) is 3.71. The summed E-state index contributed by atoms with van der Waals surface area (Å²) in [5.41, 5.74) is 1.73. The van der Waals surface area contributed by atoms with E-state index in [9.17, 15) is 4.79 Å². The Labute approximate surface area is 94.9 Å². The lowest BCUT2D eigenvalue weighted by Crippen LogP contribution is -2.02. The van der Waals surface area contributed by atoms with Crippen molar-refractivity contribution in [3.63, 3.8) is 0 Å². The average Bonchev–Trinajstić information content (AvgIpc) is 2.27. The fourth-order valence-electron chi connectivity index (χ4n) is 1.30. The van der Waals surface area contributed by atoms with Gasteiger partial charge in [-0.15, -0.1) is 0 Å². The Hall–Kier alpha value is -1.84. The molecule has 0 bridgehead atoms. The molecule has 86 valence electrons. The maximum Gasteiger partial charge on any atom is 0.331 e. The summed E-state index contributed by atoms with van der Waals surface area (Å²) in [5.74, 6) is 0.388. The lowest BCUT2D eigenvalue weighted by molar-refractivity contribution is -0.140. The summed E-state index contributed by atoms with van der Waals surface area (Å²) in [6.07, 6.45) is 0.595. The molecule has 4 nitrogen and oxygen atoms in total. The number of rotatable bonds is 4. The summed E-state index contributed by atoms with van der Waals surface area (Å²) >= 11 is 0. The Kier molecular flexibility index (Phi) is 4.51. The van der Waals surface area contributed by atoms with Gasteiger partial charge in [-0.3, -0.25) is 0 Å². The van der Waals surface area contributed by atoms with Gasteiger partial charge in [0.15, 0.2) is 0 Å². The van der Waals surface area contributed by atoms with Crippen LogP contribution in [0.1, 0.15) is 19.4 Å². The van der Waals surface area contributed by atoms with E-state index in [1.165, 1.54) is 6.92 Å². The van der Waals surface area contributed by atoms with Crippen LogP contribution in [0, 0.1) is 0 Å². The third-order valence-electron chi connectivity index (χ3n) is 1.97. The van der Waals surface area contributed by atoms with Crippen molar-refractivity contribution in [3.8, 4) is 5.75 Å². The molecule has 0 aliphatic rings. The highest BCUT2D eigenvalue weighted by atomic mass is 16.7. The number of benzene rings is 1. The second kappa shape index (κ2) is 5.90. The molecule has 0 aliphatic heterocycles. The molecule has 0 spiro atoms. The van der Waals surface area contributed by atoms with Crippen LogP contribution in [0.15, 0.2) is 29.4 Å². The van der Waals surface area contributed by atoms with E-state index in [0.29, 0.717) is 6.42 Å². The first kappa shape index (κ1) is 12.2. The molecule has 0 amide bonds. The molecule has 0 atom stereocenters. The maximum atomic E-state index is 10.6. The minimum absolute atomic E-state index is 0.417. The molecule has 0 saturated carbocycles. The first-order chi connectivity index (χ1) is 7.63. The van der Waals surface area contributed by atoms with Crippen molar-refractivity contribution in [1.29, 1.82) is 0 Å². The minimum Gasteiger partial charge on any atom is -0.496 e. The number of hydrogen-bond acceptors (Lipinski definition) is 4. The molecule has 0 fully saturated rings. The summed E-state index contributed by atoms with van der Waals surface area (Å²) in [4.78, 5) is 15.1. The van der Waals surface area contributed by atoms with Crippen molar-refractivity contribution in [2.75, 3.05) is 7.11 Å². The van der Waals surface area contributed by atoms with Gasteiger partial charge in [0.1, 0.15) is 5.75 Å². The van der Waals surface area contributed by atoms with E-state index >= 15 is 0 Å². The van der Waals surface area contributed by atoms with E-state index in [4.69, 9.17) is 4.74 Å². The zero-order valence-corrected chi connectivity index (χ0v) is 9.69. The summed E-state index contributed by atoms with van der Waals surface area (Å²) in [7, 11) is 1.62. The lowest BCUT2D eigenvalue weighted by Gasteiger charge is -2.07. The number of carbonyl (C=O) groups is 1. The third-order valence-corrected chi connectivity index (χ3v) is 1.97. The van der Waals surface area contributed by atoms with Gasteiger partial charge >= 0.3 is 5.97 Å². The lowest BCUT2D eigenvalue weighted by atomic mass is 10.1. The number of ether oxygens (including phenoxy) is 1. The minimum atomic E-state index is -0.417. The van der Waals surface area contributed by atoms with E-state index < -0.39 is 5.97 Å². The number of para-hydroxylation sites is 1. The SMILES string of the molecule is COc1ccccc1C/C(C)=N/OC(C)=O. The summed E-state index contributed by atoms with van der Waals surface area (Å²) in [6, 6.07) is 7.66. The van der Waals surface area contributed by atoms with Gasteiger partial charge < -0.3 is 9.57 Å². The molecule has 16 heavy (non-hydrogen) atoms. The Morgan fingerprint density at radius 2 is 2.00 bits per heavy atom. The molecule has 1 aromatic carbocycles. The zero-order valence-electron chi connectivity index (χ0n) is 9.69. The van der Waals surface area contributed by atoms with E-state index in [2.05, 4.69) is 9.99 Å². The smallest absolute Gasteiger partial charge is 0.331 e. The maximum absolute atomic E-state index is 10.6. The first-order valence-corrected chi connectivity index (χ1v) is 4.96. The highest BCUT2D eigenvalue weighted by Gasteiger charge is 2.03. The standard InChI is InChI=1S/C12H15NO3/c1-9(13-16-10(2)14)8-11-6-4-5-7-12(11)15-3/h4-7H,8H2,1-3H3/b13-9+. The molecule has 0 radical (unpaired) electrons. The highest BCUT2D eigenvalue weighted by molar-refractivity contribution is 5.84. The van der Waals surface area contributed by atoms with Crippen molar-refractivity contribution in [2.24, 2.45) is 5.16 Å². The third kappa shape index (κ3) is 3.73. The van der Waals surface area contributed by atoms with Crippen molar-refractivity contribution in [3.05, 3.63) is 29.8 Å². The molecule has 4 heteroatoms. The highest BCUT2D eigenvalue weighted by Crippen LogP contribution is 2.18. The number of oxime groups is 1. The zero-order chi connectivity index (χ0) is 12.0. The fourth-order valence-corrected chi connectivity index (χ4v) is 1.30. The Balaban J connectivity index is 2.72. The van der Waals surface area contributed by atoms with Crippen LogP contribution in [-0.2, 0) is 16.1 Å². The van der Waals surface area contributed by atoms with Gasteiger partial charge in [0.2, 0.25) is 0 Å². The van der Waals surface area contributed by atoms with E-state index in [1.54, 1.807) is 14.0 Å². The van der Waals surface area contributed by atoms with Crippen LogP contribution in [0.2, 0.25) is 0 Å². The number of carbonyl (C=O) groups excluding carboxylic acids is 1. The average molecular weight is 221 g/mol. The van der Waals surface area contributed by atoms with Gasteiger partial charge in [-0.25, -0.2) is 4.79 Å². The van der Waals surface area contributed by atoms with Crippen molar-refractivity contribution < 1.29 is 14.4 Å². The van der Waals surface area contributed by atoms with Gasteiger partial charge in [-0.2, -0.15) is 0 Å². The Morgan fingerprint density at radius 1 is 1.31 bits per heavy atom. The molecule has 1 aromatic rings. The molecule has 0 unspecified atom stereocenters. The van der Waals surface area contributed by atoms with Crippen LogP contribution in [0.25, 0.3) is 0 Å². The number of hydrogen-bond donors (Lipinski definition) is 0. The second-order valence-corrected chi connectivity index (χ2v) is 3.40. The van der Waals surface area contributed by atoms with Crippen molar-refractivity contribution in [1.82, 2.24) is 0 Å². The summed E-state index contributed by atoms with van der Waals surface area (Å²) < 4.78 is 5.21. The predicted molar refractivity (Wildman–Crippen MR) is 61.6 cm³/mol. The van der Waals surface area contributed by atoms with Crippen LogP contribution in [-0.4, -0.2) is 18.8 Å². The van der Waals surface area contributed by atoms with E-state index in [1.807, 2.05) is 24.3 Å². The molecule has 0 aromatic heterocycles. The Morgan fingerprint density at radius 3 is 2.62 bits per heavy atom. The predicted octanol–water partition coefficient (Wildman–Crippen LogP) is 2.18. The van der Waals surface area contributed by atoms with Gasteiger partial charge in [0.05, 0.1) is 12.8 Å². The monoisotopic (exact) mass is 221 g/mol. The summed E-state index contributed by atoms with van der Waals surface area (Å²) in [6.45, 7) is 3.12. The van der Waals surface area contributed by atoms with Crippen LogP contribution in [0.5, 0.6) is 5.75 Å². The molecule has 0 aliphatic carbocycles. The van der Waals surface area contributed by atoms with E-state index in [0.717, 1.165) is 17.0 Å². The van der Waals surface area contributed by atoms with Gasteiger partial charge in [0, 0.05) is 13.3 Å². The molecule has 0 saturated heterocycles. The van der Waals surface area contributed by atoms with Crippen LogP contribution in [0.4, 0.5) is 0 Å². The Bertz CT molecular complexity index is 399. The quantitative estimate of drug-likeness (QED) is 0.445. The van der Waals surface area contributed by atoms with Crippen molar-refractivity contribution >= 4 is 11.7 Å². The van der Waals surface area contributed by atoms with Gasteiger partial charge in [-0.05, 0) is 18.6 Å². The fraction of sp³-hybridized carbons (Fsp3) is 0.333. The van der Waals surface area contributed by atoms with Crippen LogP contribution in [0.3, 0.4) is 0 Å². The van der Waals surface area contributed by atoms with Gasteiger partial charge in [0.25, 0.3) is 0 Å². The number of methoxy groups -OCH3 is 1. The van der Waals surface area contributed by atoms with Crippen molar-refractivity contribution in [2.45, 2.75) is 20.3 Å².